The van der Waals surface area contributed by atoms with E-state index in [1.165, 1.54) is 12.1 Å². The lowest BCUT2D eigenvalue weighted by atomic mass is 9.99. The molecule has 1 heterocycles. The van der Waals surface area contributed by atoms with E-state index in [1.807, 2.05) is 0 Å². The summed E-state index contributed by atoms with van der Waals surface area (Å²) in [7, 11) is 0. The van der Waals surface area contributed by atoms with Gasteiger partial charge in [-0.05, 0) is 18.6 Å². The van der Waals surface area contributed by atoms with Crippen LogP contribution >= 0.6 is 0 Å². The van der Waals surface area contributed by atoms with E-state index in [9.17, 15) is 8.78 Å². The molecule has 17 heavy (non-hydrogen) atoms. The Morgan fingerprint density at radius 1 is 1.35 bits per heavy atom. The molecular formula is C12H15F2NO2. The van der Waals surface area contributed by atoms with Gasteiger partial charge in [0.25, 0.3) is 0 Å². The third kappa shape index (κ3) is 2.46. The second-order valence-corrected chi connectivity index (χ2v) is 4.10. The van der Waals surface area contributed by atoms with Gasteiger partial charge in [0.2, 0.25) is 0 Å². The Morgan fingerprint density at radius 2 is 2.12 bits per heavy atom. The molecule has 0 bridgehead atoms. The quantitative estimate of drug-likeness (QED) is 0.859. The molecule has 0 aromatic heterocycles. The Hall–Kier alpha value is -1.04. The standard InChI is InChI=1S/C12H15F2NO2/c1-7-2-3-8(13)10(11(7)14)12(15)9-6-16-4-5-17-9/h2-3,9,12H,4-6,15H2,1H3. The van der Waals surface area contributed by atoms with E-state index in [2.05, 4.69) is 0 Å². The van der Waals surface area contributed by atoms with Gasteiger partial charge in [-0.2, -0.15) is 0 Å². The van der Waals surface area contributed by atoms with Crippen LogP contribution in [0.1, 0.15) is 17.2 Å². The van der Waals surface area contributed by atoms with E-state index in [0.717, 1.165) is 0 Å². The van der Waals surface area contributed by atoms with Crippen molar-refractivity contribution in [2.75, 3.05) is 19.8 Å². The molecule has 2 rings (SSSR count). The lowest BCUT2D eigenvalue weighted by Gasteiger charge is -2.28. The first-order valence-corrected chi connectivity index (χ1v) is 5.50. The van der Waals surface area contributed by atoms with Gasteiger partial charge < -0.3 is 15.2 Å². The first kappa shape index (κ1) is 12.4. The van der Waals surface area contributed by atoms with E-state index in [1.54, 1.807) is 6.92 Å². The average molecular weight is 243 g/mol. The highest BCUT2D eigenvalue weighted by Crippen LogP contribution is 2.26. The monoisotopic (exact) mass is 243 g/mol. The lowest BCUT2D eigenvalue weighted by molar-refractivity contribution is -0.0982. The smallest absolute Gasteiger partial charge is 0.133 e. The molecule has 0 spiro atoms. The normalized spacial score (nSPS) is 22.5. The predicted octanol–water partition coefficient (Wildman–Crippen LogP) is 1.69. The Morgan fingerprint density at radius 3 is 2.76 bits per heavy atom. The number of hydrogen-bond donors (Lipinski definition) is 1. The van der Waals surface area contributed by atoms with Crippen molar-refractivity contribution in [3.8, 4) is 0 Å². The summed E-state index contributed by atoms with van der Waals surface area (Å²) in [4.78, 5) is 0. The molecule has 0 radical (unpaired) electrons. The minimum Gasteiger partial charge on any atom is -0.376 e. The molecule has 1 aromatic carbocycles. The maximum atomic E-state index is 13.9. The molecule has 1 aliphatic rings. The molecule has 5 heteroatoms. The van der Waals surface area contributed by atoms with Gasteiger partial charge in [0.1, 0.15) is 17.7 Å². The third-order valence-electron chi connectivity index (χ3n) is 2.90. The molecule has 1 aromatic rings. The van der Waals surface area contributed by atoms with Crippen LogP contribution in [0.5, 0.6) is 0 Å². The fourth-order valence-corrected chi connectivity index (χ4v) is 1.88. The summed E-state index contributed by atoms with van der Waals surface area (Å²) in [5, 5.41) is 0. The van der Waals surface area contributed by atoms with Crippen LogP contribution < -0.4 is 5.73 Å². The molecular weight excluding hydrogens is 228 g/mol. The van der Waals surface area contributed by atoms with Crippen molar-refractivity contribution >= 4 is 0 Å². The average Bonchev–Trinajstić information content (AvgIpc) is 2.35. The second-order valence-electron chi connectivity index (χ2n) is 4.10. The second kappa shape index (κ2) is 5.08. The zero-order chi connectivity index (χ0) is 12.4. The Kier molecular flexibility index (Phi) is 3.71. The predicted molar refractivity (Wildman–Crippen MR) is 58.6 cm³/mol. The van der Waals surface area contributed by atoms with Crippen molar-refractivity contribution in [2.45, 2.75) is 19.1 Å². The van der Waals surface area contributed by atoms with Gasteiger partial charge in [0.05, 0.1) is 25.9 Å². The maximum absolute atomic E-state index is 13.9. The van der Waals surface area contributed by atoms with Gasteiger partial charge in [0.15, 0.2) is 0 Å². The molecule has 1 aliphatic heterocycles. The Bertz CT molecular complexity index is 406. The third-order valence-corrected chi connectivity index (χ3v) is 2.90. The van der Waals surface area contributed by atoms with Crippen LogP contribution in [0.15, 0.2) is 12.1 Å². The summed E-state index contributed by atoms with van der Waals surface area (Å²) >= 11 is 0. The van der Waals surface area contributed by atoms with Gasteiger partial charge in [-0.25, -0.2) is 8.78 Å². The molecule has 1 saturated heterocycles. The van der Waals surface area contributed by atoms with Crippen LogP contribution in [0.3, 0.4) is 0 Å². The number of halogens is 2. The minimum atomic E-state index is -0.852. The van der Waals surface area contributed by atoms with Crippen molar-refractivity contribution in [1.29, 1.82) is 0 Å². The van der Waals surface area contributed by atoms with E-state index in [0.29, 0.717) is 18.8 Å². The summed E-state index contributed by atoms with van der Waals surface area (Å²) in [6.07, 6.45) is -0.505. The van der Waals surface area contributed by atoms with Crippen LogP contribution in [0.25, 0.3) is 0 Å². The zero-order valence-electron chi connectivity index (χ0n) is 9.58. The van der Waals surface area contributed by atoms with Crippen LogP contribution in [0, 0.1) is 18.6 Å². The highest BCUT2D eigenvalue weighted by Gasteiger charge is 2.28. The molecule has 1 fully saturated rings. The summed E-state index contributed by atoms with van der Waals surface area (Å²) in [5.41, 5.74) is 6.10. The molecule has 0 aliphatic carbocycles. The Labute approximate surface area is 98.5 Å². The molecule has 0 amide bonds. The van der Waals surface area contributed by atoms with Crippen molar-refractivity contribution < 1.29 is 18.3 Å². The first-order chi connectivity index (χ1) is 8.11. The summed E-state index contributed by atoms with van der Waals surface area (Å²) in [6, 6.07) is 1.76. The summed E-state index contributed by atoms with van der Waals surface area (Å²) in [6.45, 7) is 2.71. The number of nitrogens with two attached hydrogens (primary N) is 1. The van der Waals surface area contributed by atoms with E-state index in [4.69, 9.17) is 15.2 Å². The number of hydrogen-bond acceptors (Lipinski definition) is 3. The molecule has 2 N–H and O–H groups in total. The molecule has 3 nitrogen and oxygen atoms in total. The van der Waals surface area contributed by atoms with Crippen LogP contribution in [0.4, 0.5) is 8.78 Å². The summed E-state index contributed by atoms with van der Waals surface area (Å²) < 4.78 is 38.0. The van der Waals surface area contributed by atoms with Crippen molar-refractivity contribution in [1.82, 2.24) is 0 Å². The molecule has 0 saturated carbocycles. The van der Waals surface area contributed by atoms with Gasteiger partial charge in [0, 0.05) is 5.56 Å². The highest BCUT2D eigenvalue weighted by atomic mass is 19.1. The Balaban J connectivity index is 2.29. The topological polar surface area (TPSA) is 44.5 Å². The van der Waals surface area contributed by atoms with Crippen LogP contribution in [0.2, 0.25) is 0 Å². The SMILES string of the molecule is Cc1ccc(F)c(C(N)C2COCCO2)c1F. The van der Waals surface area contributed by atoms with Crippen LogP contribution in [-0.4, -0.2) is 25.9 Å². The first-order valence-electron chi connectivity index (χ1n) is 5.50. The van der Waals surface area contributed by atoms with Crippen molar-refractivity contribution in [2.24, 2.45) is 5.73 Å². The number of ether oxygens (including phenoxy) is 2. The summed E-state index contributed by atoms with van der Waals surface area (Å²) in [5.74, 6) is -1.25. The highest BCUT2D eigenvalue weighted by molar-refractivity contribution is 5.29. The van der Waals surface area contributed by atoms with Gasteiger partial charge in [-0.3, -0.25) is 0 Å². The molecule has 2 unspecified atom stereocenters. The van der Waals surface area contributed by atoms with E-state index in [-0.39, 0.29) is 12.2 Å². The number of rotatable bonds is 2. The van der Waals surface area contributed by atoms with Gasteiger partial charge in [-0.1, -0.05) is 6.07 Å². The fourth-order valence-electron chi connectivity index (χ4n) is 1.88. The molecule has 94 valence electrons. The zero-order valence-corrected chi connectivity index (χ0v) is 9.58. The minimum absolute atomic E-state index is 0.125. The lowest BCUT2D eigenvalue weighted by Crippen LogP contribution is -2.38. The number of aryl methyl sites for hydroxylation is 1. The van der Waals surface area contributed by atoms with Crippen molar-refractivity contribution in [3.63, 3.8) is 0 Å². The maximum Gasteiger partial charge on any atom is 0.133 e. The van der Waals surface area contributed by atoms with E-state index >= 15 is 0 Å². The number of benzene rings is 1. The van der Waals surface area contributed by atoms with E-state index < -0.39 is 23.8 Å². The fraction of sp³-hybridized carbons (Fsp3) is 0.500. The molecule has 2 atom stereocenters. The van der Waals surface area contributed by atoms with Crippen LogP contribution in [-0.2, 0) is 9.47 Å². The largest absolute Gasteiger partial charge is 0.376 e. The van der Waals surface area contributed by atoms with Gasteiger partial charge in [-0.15, -0.1) is 0 Å². The van der Waals surface area contributed by atoms with Gasteiger partial charge >= 0.3 is 0 Å². The van der Waals surface area contributed by atoms with Crippen molar-refractivity contribution in [3.05, 3.63) is 34.9 Å².